The lowest BCUT2D eigenvalue weighted by Gasteiger charge is -2.13. The third kappa shape index (κ3) is 2.66. The summed E-state index contributed by atoms with van der Waals surface area (Å²) < 4.78 is 7.11. The first-order valence-electron chi connectivity index (χ1n) is 5.70. The van der Waals surface area contributed by atoms with E-state index in [1.165, 1.54) is 0 Å². The third-order valence-electron chi connectivity index (χ3n) is 2.72. The molecular weight excluding hydrogens is 206 g/mol. The largest absolute Gasteiger partial charge is 0.370 e. The summed E-state index contributed by atoms with van der Waals surface area (Å²) in [5, 5.41) is 7.72. The van der Waals surface area contributed by atoms with Gasteiger partial charge in [0.1, 0.15) is 6.10 Å². The number of hydrogen-bond donors (Lipinski definition) is 0. The third-order valence-corrected chi connectivity index (χ3v) is 2.72. The van der Waals surface area contributed by atoms with Crippen molar-refractivity contribution in [3.8, 4) is 0 Å². The minimum Gasteiger partial charge on any atom is -0.370 e. The summed E-state index contributed by atoms with van der Waals surface area (Å²) in [5.74, 6) is 0.564. The first kappa shape index (κ1) is 11.3. The van der Waals surface area contributed by atoms with Crippen LogP contribution in [0.4, 0.5) is 0 Å². The van der Waals surface area contributed by atoms with E-state index < -0.39 is 0 Å². The maximum Gasteiger partial charge on any atom is 0.167 e. The summed E-state index contributed by atoms with van der Waals surface area (Å²) in [6, 6.07) is 0. The molecule has 1 aromatic heterocycles. The molecule has 0 aromatic carbocycles. The quantitative estimate of drug-likeness (QED) is 0.713. The van der Waals surface area contributed by atoms with Crippen LogP contribution in [0.5, 0.6) is 0 Å². The van der Waals surface area contributed by atoms with Crippen LogP contribution in [0.15, 0.2) is 6.20 Å². The molecule has 0 aliphatic heterocycles. The Bertz CT molecular complexity index is 371. The van der Waals surface area contributed by atoms with E-state index in [1.807, 2.05) is 6.92 Å². The van der Waals surface area contributed by atoms with Crippen molar-refractivity contribution in [1.29, 1.82) is 0 Å². The predicted octanol–water partition coefficient (Wildman–Crippen LogP) is 0.742. The fourth-order valence-corrected chi connectivity index (χ4v) is 1.83. The molecule has 0 bridgehead atoms. The molecule has 1 heterocycles. The van der Waals surface area contributed by atoms with Crippen molar-refractivity contribution in [3.05, 3.63) is 11.9 Å². The van der Waals surface area contributed by atoms with Crippen molar-refractivity contribution in [2.75, 3.05) is 6.61 Å². The van der Waals surface area contributed by atoms with E-state index in [0.29, 0.717) is 18.9 Å². The van der Waals surface area contributed by atoms with Gasteiger partial charge in [-0.25, -0.2) is 0 Å². The number of carbonyl (C=O) groups is 1. The Morgan fingerprint density at radius 3 is 2.94 bits per heavy atom. The lowest BCUT2D eigenvalue weighted by Crippen LogP contribution is -2.28. The van der Waals surface area contributed by atoms with E-state index in [2.05, 4.69) is 10.3 Å². The Morgan fingerprint density at radius 2 is 2.44 bits per heavy atom. The van der Waals surface area contributed by atoms with Gasteiger partial charge in [0.15, 0.2) is 5.78 Å². The molecule has 16 heavy (non-hydrogen) atoms. The van der Waals surface area contributed by atoms with Gasteiger partial charge in [-0.1, -0.05) is 5.21 Å². The highest BCUT2D eigenvalue weighted by atomic mass is 16.5. The number of aromatic nitrogens is 3. The van der Waals surface area contributed by atoms with Crippen LogP contribution in [0.2, 0.25) is 0 Å². The van der Waals surface area contributed by atoms with Crippen LogP contribution in [-0.4, -0.2) is 33.5 Å². The zero-order valence-corrected chi connectivity index (χ0v) is 9.72. The highest BCUT2D eigenvalue weighted by Crippen LogP contribution is 2.35. The molecule has 1 aliphatic rings. The molecule has 0 saturated heterocycles. The second-order valence-corrected chi connectivity index (χ2v) is 4.24. The normalized spacial score (nSPS) is 17.4. The van der Waals surface area contributed by atoms with E-state index in [4.69, 9.17) is 4.74 Å². The minimum absolute atomic E-state index is 0.129. The number of Topliss-reactive ketones (excluding diaryl/α,β-unsaturated/α-hetero) is 1. The summed E-state index contributed by atoms with van der Waals surface area (Å²) in [6.07, 6.45) is 4.09. The Morgan fingerprint density at radius 1 is 1.69 bits per heavy atom. The molecule has 1 fully saturated rings. The van der Waals surface area contributed by atoms with Crippen molar-refractivity contribution in [1.82, 2.24) is 15.0 Å². The number of ketones is 1. The van der Waals surface area contributed by atoms with Gasteiger partial charge in [-0.05, 0) is 25.7 Å². The van der Waals surface area contributed by atoms with Crippen molar-refractivity contribution in [3.63, 3.8) is 0 Å². The molecule has 1 aliphatic carbocycles. The van der Waals surface area contributed by atoms with Gasteiger partial charge in [-0.15, -0.1) is 5.10 Å². The first-order chi connectivity index (χ1) is 7.70. The Labute approximate surface area is 94.8 Å². The fraction of sp³-hybridized carbons (Fsp3) is 0.727. The van der Waals surface area contributed by atoms with Crippen molar-refractivity contribution >= 4 is 5.78 Å². The maximum atomic E-state index is 12.0. The van der Waals surface area contributed by atoms with Crippen molar-refractivity contribution in [2.24, 2.45) is 13.0 Å². The fourth-order valence-electron chi connectivity index (χ4n) is 1.83. The second-order valence-electron chi connectivity index (χ2n) is 4.24. The Balaban J connectivity index is 1.94. The number of ether oxygens (including phenoxy) is 1. The van der Waals surface area contributed by atoms with Gasteiger partial charge in [0.05, 0.1) is 12.1 Å². The molecule has 0 spiro atoms. The summed E-state index contributed by atoms with van der Waals surface area (Å²) in [6.45, 7) is 2.51. The molecule has 0 amide bonds. The van der Waals surface area contributed by atoms with Gasteiger partial charge in [-0.2, -0.15) is 0 Å². The van der Waals surface area contributed by atoms with E-state index in [9.17, 15) is 4.79 Å². The highest BCUT2D eigenvalue weighted by molar-refractivity contribution is 5.85. The molecule has 1 saturated carbocycles. The average Bonchev–Trinajstić information content (AvgIpc) is 3.00. The standard InChI is InChI=1S/C11H17N3O2/c1-3-16-11(8-4-5-8)10(15)6-9-7-14(2)13-12-9/h7-8,11H,3-6H2,1-2H3. The number of hydrogen-bond acceptors (Lipinski definition) is 4. The Hall–Kier alpha value is -1.23. The maximum absolute atomic E-state index is 12.0. The zero-order valence-electron chi connectivity index (χ0n) is 9.72. The molecule has 1 aromatic rings. The molecule has 1 atom stereocenters. The molecule has 0 N–H and O–H groups in total. The van der Waals surface area contributed by atoms with Crippen LogP contribution in [-0.2, 0) is 23.0 Å². The number of carbonyl (C=O) groups excluding carboxylic acids is 1. The second kappa shape index (κ2) is 4.74. The number of aryl methyl sites for hydroxylation is 1. The lowest BCUT2D eigenvalue weighted by atomic mass is 10.1. The molecule has 1 unspecified atom stereocenters. The van der Waals surface area contributed by atoms with Gasteiger partial charge < -0.3 is 4.74 Å². The van der Waals surface area contributed by atoms with Crippen LogP contribution in [0.3, 0.4) is 0 Å². The Kier molecular flexibility index (Phi) is 3.33. The van der Waals surface area contributed by atoms with Gasteiger partial charge in [0.2, 0.25) is 0 Å². The smallest absolute Gasteiger partial charge is 0.167 e. The number of nitrogens with zero attached hydrogens (tertiary/aromatic N) is 3. The van der Waals surface area contributed by atoms with Gasteiger partial charge in [-0.3, -0.25) is 9.48 Å². The lowest BCUT2D eigenvalue weighted by molar-refractivity contribution is -0.131. The van der Waals surface area contributed by atoms with E-state index in [1.54, 1.807) is 17.9 Å². The van der Waals surface area contributed by atoms with E-state index in [-0.39, 0.29) is 11.9 Å². The van der Waals surface area contributed by atoms with Crippen LogP contribution < -0.4 is 0 Å². The SMILES string of the molecule is CCOC(C(=O)Cc1cn(C)nn1)C1CC1. The molecule has 5 heteroatoms. The van der Waals surface area contributed by atoms with Crippen molar-refractivity contribution in [2.45, 2.75) is 32.3 Å². The molecule has 5 nitrogen and oxygen atoms in total. The van der Waals surface area contributed by atoms with E-state index in [0.717, 1.165) is 18.5 Å². The van der Waals surface area contributed by atoms with Crippen LogP contribution in [0.25, 0.3) is 0 Å². The topological polar surface area (TPSA) is 57.0 Å². The van der Waals surface area contributed by atoms with Crippen LogP contribution in [0.1, 0.15) is 25.5 Å². The monoisotopic (exact) mass is 223 g/mol. The minimum atomic E-state index is -0.230. The summed E-state index contributed by atoms with van der Waals surface area (Å²) in [7, 11) is 1.79. The summed E-state index contributed by atoms with van der Waals surface area (Å²) in [4.78, 5) is 12.0. The summed E-state index contributed by atoms with van der Waals surface area (Å²) in [5.41, 5.74) is 0.720. The van der Waals surface area contributed by atoms with Gasteiger partial charge in [0.25, 0.3) is 0 Å². The van der Waals surface area contributed by atoms with Crippen LogP contribution in [0, 0.1) is 5.92 Å². The average molecular weight is 223 g/mol. The summed E-state index contributed by atoms with van der Waals surface area (Å²) >= 11 is 0. The molecule has 0 radical (unpaired) electrons. The highest BCUT2D eigenvalue weighted by Gasteiger charge is 2.36. The van der Waals surface area contributed by atoms with E-state index >= 15 is 0 Å². The van der Waals surface area contributed by atoms with Crippen molar-refractivity contribution < 1.29 is 9.53 Å². The molecule has 88 valence electrons. The number of rotatable bonds is 6. The van der Waals surface area contributed by atoms with Gasteiger partial charge >= 0.3 is 0 Å². The molecule has 2 rings (SSSR count). The van der Waals surface area contributed by atoms with Crippen LogP contribution >= 0.6 is 0 Å². The zero-order chi connectivity index (χ0) is 11.5. The van der Waals surface area contributed by atoms with Gasteiger partial charge in [0, 0.05) is 19.9 Å². The first-order valence-corrected chi connectivity index (χ1v) is 5.70. The molecular formula is C11H17N3O2. The predicted molar refractivity (Wildman–Crippen MR) is 57.9 cm³/mol.